The predicted molar refractivity (Wildman–Crippen MR) is 92.8 cm³/mol. The molecule has 1 aromatic carbocycles. The molecule has 1 rings (SSSR count). The Bertz CT molecular complexity index is 503. The second-order valence-corrected chi connectivity index (χ2v) is 5.97. The van der Waals surface area contributed by atoms with Gasteiger partial charge in [0, 0.05) is 12.1 Å². The Balaban J connectivity index is 2.84. The first kappa shape index (κ1) is 17.4. The van der Waals surface area contributed by atoms with Crippen molar-refractivity contribution in [3.05, 3.63) is 40.4 Å². The molecule has 0 amide bonds. The highest BCUT2D eigenvalue weighted by Crippen LogP contribution is 2.27. The summed E-state index contributed by atoms with van der Waals surface area (Å²) >= 11 is 1.46. The highest BCUT2D eigenvalue weighted by Gasteiger charge is 2.11. The lowest BCUT2D eigenvalue weighted by Gasteiger charge is -2.13. The Hall–Kier alpha value is -1.62. The molecule has 116 valence electrons. The van der Waals surface area contributed by atoms with Gasteiger partial charge in [0.25, 0.3) is 0 Å². The van der Waals surface area contributed by atoms with Gasteiger partial charge in [-0.05, 0) is 43.5 Å². The van der Waals surface area contributed by atoms with Gasteiger partial charge in [-0.15, -0.1) is 0 Å². The van der Waals surface area contributed by atoms with Crippen LogP contribution in [0.3, 0.4) is 0 Å². The Kier molecular flexibility index (Phi) is 7.15. The first-order valence-corrected chi connectivity index (χ1v) is 7.89. The molecule has 0 saturated heterocycles. The molecule has 0 spiro atoms. The van der Waals surface area contributed by atoms with Crippen LogP contribution in [-0.2, 0) is 0 Å². The molecule has 0 unspecified atom stereocenters. The van der Waals surface area contributed by atoms with Crippen molar-refractivity contribution >= 4 is 16.8 Å². The summed E-state index contributed by atoms with van der Waals surface area (Å²) in [5, 5.41) is 8.79. The zero-order chi connectivity index (χ0) is 15.8. The second-order valence-electron chi connectivity index (χ2n) is 4.88. The van der Waals surface area contributed by atoms with Crippen molar-refractivity contribution in [2.24, 2.45) is 10.9 Å². The molecule has 0 aromatic heterocycles. The standard InChI is InChI=1S/C16H25N3OS/c1-6-7-8-18-13(4)21-16(19-17)14-9-11(2)15(20-5)12(3)10-14/h9-10,18H,4,6-8,17H2,1-3,5H3/b19-16-. The number of nitrogens with two attached hydrogens (primary N) is 1. The molecule has 0 aliphatic carbocycles. The van der Waals surface area contributed by atoms with Crippen LogP contribution >= 0.6 is 11.8 Å². The SMILES string of the molecule is C=C(NCCCC)S/C(=N\N)c1cc(C)c(OC)c(C)c1. The van der Waals surface area contributed by atoms with Gasteiger partial charge in [-0.3, -0.25) is 0 Å². The predicted octanol–water partition coefficient (Wildman–Crippen LogP) is 3.53. The number of aryl methyl sites for hydroxylation is 2. The highest BCUT2D eigenvalue weighted by molar-refractivity contribution is 8.17. The molecule has 0 aliphatic heterocycles. The maximum absolute atomic E-state index is 5.55. The van der Waals surface area contributed by atoms with E-state index in [0.717, 1.165) is 51.9 Å². The molecule has 3 N–H and O–H groups in total. The van der Waals surface area contributed by atoms with Gasteiger partial charge >= 0.3 is 0 Å². The minimum Gasteiger partial charge on any atom is -0.496 e. The molecule has 0 fully saturated rings. The molecule has 0 bridgehead atoms. The van der Waals surface area contributed by atoms with Gasteiger partial charge in [-0.2, -0.15) is 5.10 Å². The van der Waals surface area contributed by atoms with Crippen LogP contribution in [0.15, 0.2) is 28.8 Å². The topological polar surface area (TPSA) is 59.6 Å². The summed E-state index contributed by atoms with van der Waals surface area (Å²) < 4.78 is 5.38. The van der Waals surface area contributed by atoms with Crippen LogP contribution in [0.25, 0.3) is 0 Å². The number of nitrogens with one attached hydrogen (secondary N) is 1. The Morgan fingerprint density at radius 3 is 2.48 bits per heavy atom. The maximum Gasteiger partial charge on any atom is 0.129 e. The monoisotopic (exact) mass is 307 g/mol. The zero-order valence-corrected chi connectivity index (χ0v) is 14.1. The average Bonchev–Trinajstić information content (AvgIpc) is 2.44. The average molecular weight is 307 g/mol. The highest BCUT2D eigenvalue weighted by atomic mass is 32.2. The van der Waals surface area contributed by atoms with Crippen LogP contribution in [0.2, 0.25) is 0 Å². The fourth-order valence-corrected chi connectivity index (χ4v) is 2.81. The molecule has 0 heterocycles. The van der Waals surface area contributed by atoms with Crippen LogP contribution in [-0.4, -0.2) is 18.7 Å². The molecule has 0 radical (unpaired) electrons. The van der Waals surface area contributed by atoms with Crippen molar-refractivity contribution in [3.63, 3.8) is 0 Å². The smallest absolute Gasteiger partial charge is 0.129 e. The normalized spacial score (nSPS) is 11.3. The fraction of sp³-hybridized carbons (Fsp3) is 0.438. The minimum absolute atomic E-state index is 0.748. The number of unbranched alkanes of at least 4 members (excludes halogenated alkanes) is 1. The van der Waals surface area contributed by atoms with E-state index in [9.17, 15) is 0 Å². The van der Waals surface area contributed by atoms with Crippen molar-refractivity contribution < 1.29 is 4.74 Å². The van der Waals surface area contributed by atoms with Gasteiger partial charge in [-0.25, -0.2) is 0 Å². The van der Waals surface area contributed by atoms with Crippen molar-refractivity contribution in [3.8, 4) is 5.75 Å². The first-order valence-electron chi connectivity index (χ1n) is 7.07. The van der Waals surface area contributed by atoms with Crippen LogP contribution < -0.4 is 15.9 Å². The van der Waals surface area contributed by atoms with Crippen molar-refractivity contribution in [1.29, 1.82) is 0 Å². The Morgan fingerprint density at radius 1 is 1.38 bits per heavy atom. The van der Waals surface area contributed by atoms with Crippen LogP contribution in [0, 0.1) is 13.8 Å². The number of benzene rings is 1. The van der Waals surface area contributed by atoms with Gasteiger partial charge in [0.2, 0.25) is 0 Å². The molecule has 5 heteroatoms. The first-order chi connectivity index (χ1) is 10.0. The number of rotatable bonds is 7. The Morgan fingerprint density at radius 2 is 2.00 bits per heavy atom. The third-order valence-corrected chi connectivity index (χ3v) is 4.03. The lowest BCUT2D eigenvalue weighted by molar-refractivity contribution is 0.408. The van der Waals surface area contributed by atoms with Gasteiger partial charge in [0.1, 0.15) is 10.8 Å². The summed E-state index contributed by atoms with van der Waals surface area (Å²) in [6.45, 7) is 11.1. The number of hydrogen-bond acceptors (Lipinski definition) is 5. The lowest BCUT2D eigenvalue weighted by Crippen LogP contribution is -2.14. The van der Waals surface area contributed by atoms with E-state index >= 15 is 0 Å². The fourth-order valence-electron chi connectivity index (χ4n) is 2.11. The number of methoxy groups -OCH3 is 1. The van der Waals surface area contributed by atoms with E-state index < -0.39 is 0 Å². The van der Waals surface area contributed by atoms with E-state index in [4.69, 9.17) is 10.6 Å². The summed E-state index contributed by atoms with van der Waals surface area (Å²) in [7, 11) is 1.68. The van der Waals surface area contributed by atoms with E-state index in [2.05, 4.69) is 23.9 Å². The molecule has 21 heavy (non-hydrogen) atoms. The summed E-state index contributed by atoms with van der Waals surface area (Å²) in [5.41, 5.74) is 3.12. The molecule has 0 aliphatic rings. The summed E-state index contributed by atoms with van der Waals surface area (Å²) in [6.07, 6.45) is 2.27. The Labute approximate surface area is 131 Å². The van der Waals surface area contributed by atoms with Gasteiger partial charge in [0.05, 0.1) is 12.1 Å². The van der Waals surface area contributed by atoms with Crippen LogP contribution in [0.1, 0.15) is 36.5 Å². The third-order valence-electron chi connectivity index (χ3n) is 3.10. The van der Waals surface area contributed by atoms with Gasteiger partial charge < -0.3 is 15.9 Å². The van der Waals surface area contributed by atoms with E-state index in [1.54, 1.807) is 7.11 Å². The maximum atomic E-state index is 5.55. The number of hydrogen-bond donors (Lipinski definition) is 2. The molecular formula is C16H25N3OS. The molecule has 0 atom stereocenters. The summed E-state index contributed by atoms with van der Waals surface area (Å²) in [6, 6.07) is 4.06. The van der Waals surface area contributed by atoms with Crippen molar-refractivity contribution in [2.75, 3.05) is 13.7 Å². The van der Waals surface area contributed by atoms with Gasteiger partial charge in [-0.1, -0.05) is 31.7 Å². The summed E-state index contributed by atoms with van der Waals surface area (Å²) in [5.74, 6) is 6.45. The summed E-state index contributed by atoms with van der Waals surface area (Å²) in [4.78, 5) is 0. The van der Waals surface area contributed by atoms with Crippen LogP contribution in [0.4, 0.5) is 0 Å². The number of ether oxygens (including phenoxy) is 1. The quantitative estimate of drug-likeness (QED) is 0.266. The second kappa shape index (κ2) is 8.62. The minimum atomic E-state index is 0.748. The lowest BCUT2D eigenvalue weighted by atomic mass is 10.1. The molecule has 0 saturated carbocycles. The molecule has 1 aromatic rings. The van der Waals surface area contributed by atoms with E-state index in [1.807, 2.05) is 26.0 Å². The third kappa shape index (κ3) is 5.01. The van der Waals surface area contributed by atoms with Gasteiger partial charge in [0.15, 0.2) is 0 Å². The largest absolute Gasteiger partial charge is 0.496 e. The van der Waals surface area contributed by atoms with E-state index in [0.29, 0.717) is 0 Å². The molecule has 4 nitrogen and oxygen atoms in total. The number of nitrogens with zero attached hydrogens (tertiary/aromatic N) is 1. The van der Waals surface area contributed by atoms with E-state index in [-0.39, 0.29) is 0 Å². The molecular weight excluding hydrogens is 282 g/mol. The van der Waals surface area contributed by atoms with Crippen molar-refractivity contribution in [1.82, 2.24) is 5.32 Å². The van der Waals surface area contributed by atoms with E-state index in [1.165, 1.54) is 11.8 Å². The number of hydrazone groups is 1. The van der Waals surface area contributed by atoms with Crippen LogP contribution in [0.5, 0.6) is 5.75 Å². The van der Waals surface area contributed by atoms with Crippen molar-refractivity contribution in [2.45, 2.75) is 33.6 Å². The number of thioether (sulfide) groups is 1. The zero-order valence-electron chi connectivity index (χ0n) is 13.3.